The van der Waals surface area contributed by atoms with Crippen LogP contribution in [0.2, 0.25) is 0 Å². The Labute approximate surface area is 166 Å². The van der Waals surface area contributed by atoms with Crippen molar-refractivity contribution in [1.82, 2.24) is 10.3 Å². The maximum Gasteiger partial charge on any atom is 0.118 e. The van der Waals surface area contributed by atoms with Gasteiger partial charge in [0.25, 0.3) is 0 Å². The Bertz CT molecular complexity index is 1070. The molecule has 1 atom stereocenters. The molecule has 4 rings (SSSR count). The molecule has 140 valence electrons. The zero-order chi connectivity index (χ0) is 19.3. The third-order valence-electron chi connectivity index (χ3n) is 5.07. The van der Waals surface area contributed by atoms with E-state index in [2.05, 4.69) is 66.8 Å². The smallest absolute Gasteiger partial charge is 0.118 e. The molecule has 28 heavy (non-hydrogen) atoms. The molecule has 0 amide bonds. The van der Waals surface area contributed by atoms with E-state index in [0.29, 0.717) is 6.54 Å². The van der Waals surface area contributed by atoms with Crippen LogP contribution in [0.15, 0.2) is 84.9 Å². The number of hydrogen-bond donors (Lipinski definition) is 1. The Morgan fingerprint density at radius 3 is 2.43 bits per heavy atom. The Morgan fingerprint density at radius 1 is 0.857 bits per heavy atom. The van der Waals surface area contributed by atoms with Gasteiger partial charge in [-0.1, -0.05) is 48.5 Å². The highest BCUT2D eigenvalue weighted by Crippen LogP contribution is 2.25. The summed E-state index contributed by atoms with van der Waals surface area (Å²) in [4.78, 5) is 4.82. The first-order valence-electron chi connectivity index (χ1n) is 9.56. The fourth-order valence-corrected chi connectivity index (χ4v) is 3.50. The molecule has 0 fully saturated rings. The summed E-state index contributed by atoms with van der Waals surface area (Å²) in [5.74, 6) is 0.852. The van der Waals surface area contributed by atoms with Gasteiger partial charge in [-0.05, 0) is 59.7 Å². The van der Waals surface area contributed by atoms with Crippen LogP contribution in [0, 0.1) is 0 Å². The zero-order valence-electron chi connectivity index (χ0n) is 16.2. The van der Waals surface area contributed by atoms with Crippen molar-refractivity contribution in [2.45, 2.75) is 19.5 Å². The summed E-state index contributed by atoms with van der Waals surface area (Å²) in [5, 5.41) is 6.19. The van der Waals surface area contributed by atoms with Crippen LogP contribution in [0.1, 0.15) is 24.2 Å². The van der Waals surface area contributed by atoms with Crippen molar-refractivity contribution in [1.29, 1.82) is 0 Å². The molecule has 1 N–H and O–H groups in total. The second kappa shape index (κ2) is 8.24. The van der Waals surface area contributed by atoms with Crippen LogP contribution in [0.5, 0.6) is 5.75 Å². The number of pyridine rings is 1. The third kappa shape index (κ3) is 3.90. The first-order valence-corrected chi connectivity index (χ1v) is 9.56. The lowest BCUT2D eigenvalue weighted by Crippen LogP contribution is -2.19. The van der Waals surface area contributed by atoms with Crippen LogP contribution < -0.4 is 10.1 Å². The number of aromatic nitrogens is 1. The van der Waals surface area contributed by atoms with Gasteiger partial charge < -0.3 is 10.1 Å². The van der Waals surface area contributed by atoms with Gasteiger partial charge in [-0.15, -0.1) is 0 Å². The third-order valence-corrected chi connectivity index (χ3v) is 5.07. The maximum absolute atomic E-state index is 5.24. The topological polar surface area (TPSA) is 34.1 Å². The molecule has 0 saturated carbocycles. The molecule has 4 aromatic rings. The zero-order valence-corrected chi connectivity index (χ0v) is 16.2. The van der Waals surface area contributed by atoms with Crippen molar-refractivity contribution in [3.8, 4) is 17.0 Å². The Kier molecular flexibility index (Phi) is 5.36. The number of ether oxygens (including phenoxy) is 1. The van der Waals surface area contributed by atoms with Gasteiger partial charge >= 0.3 is 0 Å². The van der Waals surface area contributed by atoms with Crippen molar-refractivity contribution in [2.24, 2.45) is 0 Å². The summed E-state index contributed by atoms with van der Waals surface area (Å²) < 4.78 is 5.24. The highest BCUT2D eigenvalue weighted by atomic mass is 16.5. The number of hydrogen-bond acceptors (Lipinski definition) is 3. The predicted molar refractivity (Wildman–Crippen MR) is 115 cm³/mol. The second-order valence-electron chi connectivity index (χ2n) is 6.91. The van der Waals surface area contributed by atoms with Crippen LogP contribution in [-0.4, -0.2) is 12.1 Å². The average molecular weight is 368 g/mol. The fraction of sp³-hybridized carbons (Fsp3) is 0.160. The molecule has 3 heteroatoms. The van der Waals surface area contributed by atoms with E-state index in [-0.39, 0.29) is 6.04 Å². The summed E-state index contributed by atoms with van der Waals surface area (Å²) >= 11 is 0. The van der Waals surface area contributed by atoms with E-state index in [1.165, 1.54) is 16.3 Å². The van der Waals surface area contributed by atoms with Gasteiger partial charge in [0.1, 0.15) is 5.75 Å². The van der Waals surface area contributed by atoms with Crippen molar-refractivity contribution in [3.05, 3.63) is 96.2 Å². The van der Waals surface area contributed by atoms with E-state index in [0.717, 1.165) is 22.7 Å². The normalized spacial score (nSPS) is 12.1. The van der Waals surface area contributed by atoms with Crippen LogP contribution in [0.25, 0.3) is 22.0 Å². The number of fused-ring (bicyclic) bond motifs is 1. The Balaban J connectivity index is 1.50. The Morgan fingerprint density at radius 2 is 1.61 bits per heavy atom. The van der Waals surface area contributed by atoms with Gasteiger partial charge in [-0.25, -0.2) is 0 Å². The monoisotopic (exact) mass is 368 g/mol. The van der Waals surface area contributed by atoms with Crippen LogP contribution >= 0.6 is 0 Å². The molecule has 0 bridgehead atoms. The molecule has 1 heterocycles. The second-order valence-corrected chi connectivity index (χ2v) is 6.91. The largest absolute Gasteiger partial charge is 0.497 e. The molecular formula is C25H24N2O. The highest BCUT2D eigenvalue weighted by Gasteiger charge is 2.09. The van der Waals surface area contributed by atoms with E-state index < -0.39 is 0 Å². The van der Waals surface area contributed by atoms with Gasteiger partial charge in [0, 0.05) is 18.2 Å². The van der Waals surface area contributed by atoms with Gasteiger partial charge in [-0.3, -0.25) is 4.98 Å². The Hall–Kier alpha value is -3.17. The van der Waals surface area contributed by atoms with Crippen LogP contribution in [0.3, 0.4) is 0 Å². The summed E-state index contributed by atoms with van der Waals surface area (Å²) in [7, 11) is 1.68. The number of benzene rings is 3. The van der Waals surface area contributed by atoms with Crippen molar-refractivity contribution < 1.29 is 4.74 Å². The van der Waals surface area contributed by atoms with Crippen LogP contribution in [0.4, 0.5) is 0 Å². The molecule has 0 aliphatic carbocycles. The minimum atomic E-state index is 0.234. The molecule has 0 aliphatic heterocycles. The summed E-state index contributed by atoms with van der Waals surface area (Å²) in [6, 6.07) is 29.4. The number of nitrogens with one attached hydrogen (secondary N) is 1. The molecule has 0 aliphatic rings. The van der Waals surface area contributed by atoms with Gasteiger partial charge in [0.15, 0.2) is 0 Å². The fourth-order valence-electron chi connectivity index (χ4n) is 3.50. The minimum Gasteiger partial charge on any atom is -0.497 e. The van der Waals surface area contributed by atoms with E-state index in [1.54, 1.807) is 7.11 Å². The maximum atomic E-state index is 5.24. The minimum absolute atomic E-state index is 0.234. The first kappa shape index (κ1) is 18.2. The number of rotatable bonds is 6. The molecule has 0 unspecified atom stereocenters. The molecule has 1 aromatic heterocycles. The summed E-state index contributed by atoms with van der Waals surface area (Å²) in [6.45, 7) is 2.92. The molecule has 0 spiro atoms. The van der Waals surface area contributed by atoms with E-state index in [9.17, 15) is 0 Å². The van der Waals surface area contributed by atoms with Gasteiger partial charge in [0.2, 0.25) is 0 Å². The molecular weight excluding hydrogens is 344 g/mol. The van der Waals surface area contributed by atoms with Crippen molar-refractivity contribution in [2.75, 3.05) is 7.11 Å². The van der Waals surface area contributed by atoms with Crippen LogP contribution in [-0.2, 0) is 6.54 Å². The molecule has 0 saturated heterocycles. The van der Waals surface area contributed by atoms with Gasteiger partial charge in [-0.2, -0.15) is 0 Å². The number of nitrogens with zero attached hydrogens (tertiary/aromatic N) is 1. The summed E-state index contributed by atoms with van der Waals surface area (Å²) in [5.41, 5.74) is 4.40. The first-order chi connectivity index (χ1) is 13.7. The van der Waals surface area contributed by atoms with E-state index >= 15 is 0 Å². The van der Waals surface area contributed by atoms with Gasteiger partial charge in [0.05, 0.1) is 18.5 Å². The number of methoxy groups -OCH3 is 1. The molecule has 0 radical (unpaired) electrons. The molecule has 3 aromatic carbocycles. The highest BCUT2D eigenvalue weighted by molar-refractivity contribution is 5.86. The van der Waals surface area contributed by atoms with E-state index in [1.807, 2.05) is 30.3 Å². The lowest BCUT2D eigenvalue weighted by molar-refractivity contribution is 0.415. The SMILES string of the molecule is COc1ccc(-c2cccc(CN[C@@H](C)c3cccc4ccccc34)n2)cc1. The average Bonchev–Trinajstić information content (AvgIpc) is 2.77. The summed E-state index contributed by atoms with van der Waals surface area (Å²) in [6.07, 6.45) is 0. The standard InChI is InChI=1S/C25H24N2O/c1-18(23-11-5-8-19-7-3-4-10-24(19)23)26-17-21-9-6-12-25(27-21)20-13-15-22(28-2)16-14-20/h3-16,18,26H,17H2,1-2H3/t18-/m0/s1. The predicted octanol–water partition coefficient (Wildman–Crippen LogP) is 5.76. The molecule has 3 nitrogen and oxygen atoms in total. The quantitative estimate of drug-likeness (QED) is 0.470. The van der Waals surface area contributed by atoms with Crippen molar-refractivity contribution >= 4 is 10.8 Å². The lowest BCUT2D eigenvalue weighted by atomic mass is 9.99. The van der Waals surface area contributed by atoms with E-state index in [4.69, 9.17) is 9.72 Å². The lowest BCUT2D eigenvalue weighted by Gasteiger charge is -2.17. The van der Waals surface area contributed by atoms with Crippen molar-refractivity contribution in [3.63, 3.8) is 0 Å².